The van der Waals surface area contributed by atoms with Crippen molar-refractivity contribution < 1.29 is 0 Å². The summed E-state index contributed by atoms with van der Waals surface area (Å²) in [4.78, 5) is 1.39. The maximum atomic E-state index is 2.44. The van der Waals surface area contributed by atoms with Crippen LogP contribution in [-0.2, 0) is 5.41 Å². The Bertz CT molecular complexity index is 2010. The van der Waals surface area contributed by atoms with Gasteiger partial charge in [0.25, 0.3) is 0 Å². The molecular formula is C41H32S. The number of hydrogen-bond acceptors (Lipinski definition) is 1. The zero-order chi connectivity index (χ0) is 28.3. The van der Waals surface area contributed by atoms with Crippen LogP contribution in [-0.4, -0.2) is 0 Å². The number of fused-ring (bicyclic) bond motifs is 4. The SMILES string of the molecule is CC1(C)c2cc(-c3cccc(C4=CCC(c5ccccc5)S4)c3)ccc2-c2ccc(-c3ccc4ccccc4c3)cc21. The molecule has 6 aromatic rings. The summed E-state index contributed by atoms with van der Waals surface area (Å²) in [6.45, 7) is 4.76. The Balaban J connectivity index is 1.11. The third-order valence-corrected chi connectivity index (χ3v) is 10.6. The van der Waals surface area contributed by atoms with E-state index in [9.17, 15) is 0 Å². The molecule has 0 saturated carbocycles. The average molecular weight is 557 g/mol. The number of thioether (sulfide) groups is 1. The Labute approximate surface area is 252 Å². The Kier molecular flexibility index (Phi) is 5.98. The van der Waals surface area contributed by atoms with E-state index in [4.69, 9.17) is 0 Å². The van der Waals surface area contributed by atoms with E-state index in [2.05, 4.69) is 153 Å². The molecule has 0 radical (unpaired) electrons. The van der Waals surface area contributed by atoms with Crippen LogP contribution in [0, 0.1) is 0 Å². The Morgan fingerprint density at radius 1 is 0.524 bits per heavy atom. The molecule has 0 fully saturated rings. The van der Waals surface area contributed by atoms with Crippen molar-refractivity contribution in [2.24, 2.45) is 0 Å². The number of allylic oxidation sites excluding steroid dienone is 1. The summed E-state index contributed by atoms with van der Waals surface area (Å²) >= 11 is 1.99. The molecule has 1 atom stereocenters. The van der Waals surface area contributed by atoms with Crippen LogP contribution in [0.1, 0.15) is 47.8 Å². The molecule has 2 aliphatic rings. The number of hydrogen-bond donors (Lipinski definition) is 0. The maximum Gasteiger partial charge on any atom is 0.0379 e. The summed E-state index contributed by atoms with van der Waals surface area (Å²) in [6, 6.07) is 49.5. The van der Waals surface area contributed by atoms with Crippen molar-refractivity contribution in [2.45, 2.75) is 30.9 Å². The standard InChI is InChI=1S/C41H32S/c1-41(2)37-25-32(30-13-8-14-34(24-30)40-22-21-39(42-40)28-10-4-3-5-11-28)17-19-35(37)36-20-18-33(26-38(36)41)31-16-15-27-9-6-7-12-29(27)23-31/h3-20,22-26,39H,21H2,1-2H3. The van der Waals surface area contributed by atoms with Crippen molar-refractivity contribution in [3.05, 3.63) is 162 Å². The molecule has 42 heavy (non-hydrogen) atoms. The molecule has 1 heterocycles. The third kappa shape index (κ3) is 4.23. The van der Waals surface area contributed by atoms with Crippen molar-refractivity contribution >= 4 is 27.4 Å². The van der Waals surface area contributed by atoms with Gasteiger partial charge < -0.3 is 0 Å². The first-order valence-corrected chi connectivity index (χ1v) is 15.7. The fraction of sp³-hybridized carbons (Fsp3) is 0.122. The molecule has 0 saturated heterocycles. The molecule has 0 aromatic heterocycles. The summed E-state index contributed by atoms with van der Waals surface area (Å²) in [6.07, 6.45) is 3.50. The lowest BCUT2D eigenvalue weighted by molar-refractivity contribution is 0.661. The molecule has 1 heteroatoms. The first kappa shape index (κ1) is 25.4. The monoisotopic (exact) mass is 556 g/mol. The highest BCUT2D eigenvalue weighted by molar-refractivity contribution is 8.08. The lowest BCUT2D eigenvalue weighted by Crippen LogP contribution is -2.15. The lowest BCUT2D eigenvalue weighted by Gasteiger charge is -2.23. The van der Waals surface area contributed by atoms with Crippen LogP contribution >= 0.6 is 11.8 Å². The van der Waals surface area contributed by atoms with Gasteiger partial charge in [0, 0.05) is 15.6 Å². The zero-order valence-electron chi connectivity index (χ0n) is 24.0. The van der Waals surface area contributed by atoms with Gasteiger partial charge in [0.05, 0.1) is 0 Å². The minimum absolute atomic E-state index is 0.0715. The highest BCUT2D eigenvalue weighted by atomic mass is 32.2. The fourth-order valence-electron chi connectivity index (χ4n) is 6.84. The van der Waals surface area contributed by atoms with E-state index in [-0.39, 0.29) is 5.41 Å². The Hall–Kier alpha value is -4.33. The summed E-state index contributed by atoms with van der Waals surface area (Å²) in [5.41, 5.74) is 13.3. The second kappa shape index (κ2) is 9.89. The van der Waals surface area contributed by atoms with E-state index in [1.54, 1.807) is 0 Å². The van der Waals surface area contributed by atoms with Crippen LogP contribution in [0.4, 0.5) is 0 Å². The van der Waals surface area contributed by atoms with Gasteiger partial charge in [0.15, 0.2) is 0 Å². The highest BCUT2D eigenvalue weighted by Gasteiger charge is 2.36. The van der Waals surface area contributed by atoms with Gasteiger partial charge in [-0.3, -0.25) is 0 Å². The molecule has 0 nitrogen and oxygen atoms in total. The number of rotatable bonds is 4. The molecule has 0 bridgehead atoms. The van der Waals surface area contributed by atoms with Crippen LogP contribution < -0.4 is 0 Å². The van der Waals surface area contributed by atoms with Crippen molar-refractivity contribution in [3.63, 3.8) is 0 Å². The minimum Gasteiger partial charge on any atom is -0.117 e. The van der Waals surface area contributed by atoms with Crippen LogP contribution in [0.3, 0.4) is 0 Å². The van der Waals surface area contributed by atoms with Crippen molar-refractivity contribution in [1.29, 1.82) is 0 Å². The molecular weight excluding hydrogens is 525 g/mol. The predicted octanol–water partition coefficient (Wildman–Crippen LogP) is 11.7. The molecule has 1 aliphatic carbocycles. The van der Waals surface area contributed by atoms with Gasteiger partial charge in [-0.2, -0.15) is 0 Å². The van der Waals surface area contributed by atoms with Crippen LogP contribution in [0.2, 0.25) is 0 Å². The van der Waals surface area contributed by atoms with Crippen molar-refractivity contribution in [1.82, 2.24) is 0 Å². The largest absolute Gasteiger partial charge is 0.117 e. The normalized spacial score (nSPS) is 16.7. The van der Waals surface area contributed by atoms with E-state index in [0.29, 0.717) is 5.25 Å². The zero-order valence-corrected chi connectivity index (χ0v) is 24.8. The molecule has 0 amide bonds. The Morgan fingerprint density at radius 2 is 1.12 bits per heavy atom. The van der Waals surface area contributed by atoms with Gasteiger partial charge in [0.2, 0.25) is 0 Å². The topological polar surface area (TPSA) is 0 Å². The quantitative estimate of drug-likeness (QED) is 0.208. The van der Waals surface area contributed by atoms with E-state index in [1.807, 2.05) is 11.8 Å². The molecule has 8 rings (SSSR count). The van der Waals surface area contributed by atoms with Gasteiger partial charge in [-0.15, -0.1) is 11.8 Å². The third-order valence-electron chi connectivity index (χ3n) is 9.20. The summed E-state index contributed by atoms with van der Waals surface area (Å²) in [5.74, 6) is 0. The minimum atomic E-state index is -0.0715. The van der Waals surface area contributed by atoms with Crippen LogP contribution in [0.5, 0.6) is 0 Å². The maximum absolute atomic E-state index is 2.44. The van der Waals surface area contributed by atoms with Crippen molar-refractivity contribution in [3.8, 4) is 33.4 Å². The molecule has 0 N–H and O–H groups in total. The second-order valence-corrected chi connectivity index (χ2v) is 13.4. The first-order chi connectivity index (χ1) is 20.5. The predicted molar refractivity (Wildman–Crippen MR) is 182 cm³/mol. The summed E-state index contributed by atoms with van der Waals surface area (Å²) in [5, 5.41) is 3.07. The smallest absolute Gasteiger partial charge is 0.0379 e. The first-order valence-electron chi connectivity index (χ1n) is 14.9. The fourth-order valence-corrected chi connectivity index (χ4v) is 8.09. The van der Waals surface area contributed by atoms with E-state index >= 15 is 0 Å². The second-order valence-electron chi connectivity index (χ2n) is 12.1. The van der Waals surface area contributed by atoms with Gasteiger partial charge in [-0.25, -0.2) is 0 Å². The molecule has 1 aliphatic heterocycles. The van der Waals surface area contributed by atoms with Gasteiger partial charge in [0.1, 0.15) is 0 Å². The van der Waals surface area contributed by atoms with Gasteiger partial charge in [-0.05, 0) is 97.1 Å². The van der Waals surface area contributed by atoms with Gasteiger partial charge >= 0.3 is 0 Å². The molecule has 6 aromatic carbocycles. The molecule has 202 valence electrons. The lowest BCUT2D eigenvalue weighted by atomic mass is 9.80. The number of benzene rings is 6. The highest BCUT2D eigenvalue weighted by Crippen LogP contribution is 2.51. The van der Waals surface area contributed by atoms with E-state index in [0.717, 1.165) is 6.42 Å². The average Bonchev–Trinajstić information content (AvgIpc) is 3.63. The molecule has 0 spiro atoms. The van der Waals surface area contributed by atoms with Crippen LogP contribution in [0.25, 0.3) is 49.1 Å². The summed E-state index contributed by atoms with van der Waals surface area (Å²) in [7, 11) is 0. The van der Waals surface area contributed by atoms with E-state index in [1.165, 1.54) is 71.3 Å². The van der Waals surface area contributed by atoms with Crippen LogP contribution in [0.15, 0.2) is 140 Å². The Morgan fingerprint density at radius 3 is 1.86 bits per heavy atom. The van der Waals surface area contributed by atoms with E-state index < -0.39 is 0 Å². The molecule has 1 unspecified atom stereocenters. The van der Waals surface area contributed by atoms with Gasteiger partial charge in [-0.1, -0.05) is 129 Å². The van der Waals surface area contributed by atoms with Crippen molar-refractivity contribution in [2.75, 3.05) is 0 Å². The summed E-state index contributed by atoms with van der Waals surface area (Å²) < 4.78 is 0.